The van der Waals surface area contributed by atoms with Crippen molar-refractivity contribution in [1.29, 1.82) is 0 Å². The van der Waals surface area contributed by atoms with E-state index in [9.17, 15) is 9.46 Å². The predicted octanol–water partition coefficient (Wildman–Crippen LogP) is 7.63. The van der Waals surface area contributed by atoms with Gasteiger partial charge < -0.3 is 4.52 Å². The highest BCUT2D eigenvalue weighted by atomic mass is 31.2. The van der Waals surface area contributed by atoms with Gasteiger partial charge in [-0.05, 0) is 42.5 Å². The highest BCUT2D eigenvalue weighted by Crippen LogP contribution is 2.49. The fraction of sp³-hybridized carbons (Fsp3) is 0.500. The summed E-state index contributed by atoms with van der Waals surface area (Å²) in [7, 11) is -4.22. The van der Waals surface area contributed by atoms with Crippen molar-refractivity contribution in [3.63, 3.8) is 0 Å². The number of aryl methyl sites for hydroxylation is 1. The van der Waals surface area contributed by atoms with Gasteiger partial charge in [-0.25, -0.2) is 4.57 Å². The van der Waals surface area contributed by atoms with Gasteiger partial charge in [0.25, 0.3) is 0 Å². The van der Waals surface area contributed by atoms with Crippen molar-refractivity contribution in [2.45, 2.75) is 77.7 Å². The normalized spacial score (nSPS) is 14.3. The Bertz CT molecular complexity index is 730. The number of rotatable bonds is 14. The first-order chi connectivity index (χ1) is 14.0. The first kappa shape index (κ1) is 23.7. The van der Waals surface area contributed by atoms with Crippen LogP contribution in [0.1, 0.15) is 82.4 Å². The summed E-state index contributed by atoms with van der Waals surface area (Å²) in [5.74, 6) is 0.327. The second-order valence-electron chi connectivity index (χ2n) is 7.51. The molecule has 2 atom stereocenters. The van der Waals surface area contributed by atoms with Gasteiger partial charge in [0.05, 0.1) is 6.10 Å². The van der Waals surface area contributed by atoms with Gasteiger partial charge in [0, 0.05) is 0 Å². The van der Waals surface area contributed by atoms with Gasteiger partial charge in [0.2, 0.25) is 0 Å². The van der Waals surface area contributed by atoms with Crippen molar-refractivity contribution in [3.8, 4) is 5.75 Å². The Morgan fingerprint density at radius 2 is 1.52 bits per heavy atom. The summed E-state index contributed by atoms with van der Waals surface area (Å²) < 4.78 is 23.4. The molecule has 2 rings (SSSR count). The number of unbranched alkanes of at least 4 members (excludes halogenated alkanes) is 5. The molecule has 2 aromatic rings. The summed E-state index contributed by atoms with van der Waals surface area (Å²) in [5, 5.41) is 0. The van der Waals surface area contributed by atoms with Gasteiger partial charge in [-0.1, -0.05) is 94.8 Å². The molecule has 0 aliphatic carbocycles. The summed E-state index contributed by atoms with van der Waals surface area (Å²) >= 11 is 0. The van der Waals surface area contributed by atoms with Crippen LogP contribution in [-0.4, -0.2) is 4.89 Å². The largest absolute Gasteiger partial charge is 0.528 e. The summed E-state index contributed by atoms with van der Waals surface area (Å²) in [6.45, 7) is 4.35. The lowest BCUT2D eigenvalue weighted by Gasteiger charge is -2.22. The Labute approximate surface area is 175 Å². The second kappa shape index (κ2) is 12.8. The van der Waals surface area contributed by atoms with Crippen LogP contribution in [0.3, 0.4) is 0 Å². The average Bonchev–Trinajstić information content (AvgIpc) is 2.71. The van der Waals surface area contributed by atoms with Crippen molar-refractivity contribution >= 4 is 7.82 Å². The standard InChI is InChI=1S/C24H35O4P/c1-3-5-7-10-13-21-17-19-22(20-18-21)24(16-9-6-4-2)28-29(25,26)27-23-14-11-8-12-15-23/h8,11-12,14-15,17-20,24H,3-7,9-10,13,16H2,1-2H3,(H,25,26). The molecule has 29 heavy (non-hydrogen) atoms. The number of phosphoric ester groups is 1. The van der Waals surface area contributed by atoms with Crippen LogP contribution in [-0.2, 0) is 15.5 Å². The van der Waals surface area contributed by atoms with E-state index in [-0.39, 0.29) is 0 Å². The lowest BCUT2D eigenvalue weighted by Crippen LogP contribution is -2.06. The molecule has 0 aliphatic heterocycles. The van der Waals surface area contributed by atoms with Crippen LogP contribution in [0.25, 0.3) is 0 Å². The highest BCUT2D eigenvalue weighted by molar-refractivity contribution is 7.47. The third kappa shape index (κ3) is 9.16. The molecule has 2 unspecified atom stereocenters. The Morgan fingerprint density at radius 3 is 2.17 bits per heavy atom. The zero-order valence-electron chi connectivity index (χ0n) is 17.8. The Hall–Kier alpha value is -1.61. The fourth-order valence-corrected chi connectivity index (χ4v) is 4.29. The number of benzene rings is 2. The molecule has 0 heterocycles. The minimum atomic E-state index is -4.22. The van der Waals surface area contributed by atoms with Crippen molar-refractivity contribution in [3.05, 3.63) is 65.7 Å². The van der Waals surface area contributed by atoms with Gasteiger partial charge >= 0.3 is 7.82 Å². The van der Waals surface area contributed by atoms with Crippen LogP contribution in [0.2, 0.25) is 0 Å². The molecule has 4 nitrogen and oxygen atoms in total. The lowest BCUT2D eigenvalue weighted by atomic mass is 10.00. The molecule has 0 aromatic heterocycles. The minimum Gasteiger partial charge on any atom is -0.404 e. The van der Waals surface area contributed by atoms with Gasteiger partial charge in [-0.2, -0.15) is 0 Å². The Balaban J connectivity index is 2.03. The molecule has 2 aromatic carbocycles. The highest BCUT2D eigenvalue weighted by Gasteiger charge is 2.29. The first-order valence-corrected chi connectivity index (χ1v) is 12.4. The smallest absolute Gasteiger partial charge is 0.404 e. The molecule has 0 bridgehead atoms. The zero-order valence-corrected chi connectivity index (χ0v) is 18.7. The van der Waals surface area contributed by atoms with Crippen LogP contribution in [0.15, 0.2) is 54.6 Å². The number of para-hydroxylation sites is 1. The van der Waals surface area contributed by atoms with E-state index >= 15 is 0 Å². The van der Waals surface area contributed by atoms with Crippen molar-refractivity contribution < 1.29 is 18.5 Å². The number of phosphoric acid groups is 1. The maximum absolute atomic E-state index is 12.6. The van der Waals surface area contributed by atoms with E-state index in [1.807, 2.05) is 18.2 Å². The number of hydrogen-bond acceptors (Lipinski definition) is 3. The van der Waals surface area contributed by atoms with E-state index in [4.69, 9.17) is 9.05 Å². The molecular formula is C24H35O4P. The van der Waals surface area contributed by atoms with Crippen LogP contribution >= 0.6 is 7.82 Å². The second-order valence-corrected chi connectivity index (χ2v) is 8.85. The van der Waals surface area contributed by atoms with E-state index in [0.717, 1.165) is 31.2 Å². The van der Waals surface area contributed by atoms with Gasteiger partial charge in [0.1, 0.15) is 5.75 Å². The third-order valence-corrected chi connectivity index (χ3v) is 5.93. The monoisotopic (exact) mass is 418 g/mol. The summed E-state index contributed by atoms with van der Waals surface area (Å²) in [6.07, 6.45) is 9.34. The Kier molecular flexibility index (Phi) is 10.5. The molecular weight excluding hydrogens is 383 g/mol. The lowest BCUT2D eigenvalue weighted by molar-refractivity contribution is 0.129. The maximum Gasteiger partial charge on any atom is 0.528 e. The Morgan fingerprint density at radius 1 is 0.862 bits per heavy atom. The molecule has 0 amide bonds. The molecule has 0 fully saturated rings. The van der Waals surface area contributed by atoms with Gasteiger partial charge in [0.15, 0.2) is 0 Å². The summed E-state index contributed by atoms with van der Waals surface area (Å²) in [5.41, 5.74) is 2.22. The fourth-order valence-electron chi connectivity index (χ4n) is 3.31. The molecule has 0 spiro atoms. The van der Waals surface area contributed by atoms with E-state index in [1.54, 1.807) is 24.3 Å². The van der Waals surface area contributed by atoms with Crippen LogP contribution in [0, 0.1) is 0 Å². The maximum atomic E-state index is 12.6. The molecule has 0 saturated carbocycles. The average molecular weight is 419 g/mol. The number of hydrogen-bond donors (Lipinski definition) is 1. The van der Waals surface area contributed by atoms with E-state index in [2.05, 4.69) is 26.0 Å². The SMILES string of the molecule is CCCCCCc1ccc(C(CCCCC)OP(=O)(O)Oc2ccccc2)cc1. The van der Waals surface area contributed by atoms with Crippen LogP contribution < -0.4 is 4.52 Å². The summed E-state index contributed by atoms with van der Waals surface area (Å²) in [4.78, 5) is 10.3. The minimum absolute atomic E-state index is 0.327. The van der Waals surface area contributed by atoms with Crippen molar-refractivity contribution in [1.82, 2.24) is 0 Å². The molecule has 0 saturated heterocycles. The van der Waals surface area contributed by atoms with Gasteiger partial charge in [-0.15, -0.1) is 0 Å². The quantitative estimate of drug-likeness (QED) is 0.253. The van der Waals surface area contributed by atoms with E-state index in [0.29, 0.717) is 12.2 Å². The van der Waals surface area contributed by atoms with Crippen LogP contribution in [0.4, 0.5) is 0 Å². The molecule has 5 heteroatoms. The third-order valence-electron chi connectivity index (χ3n) is 4.96. The predicted molar refractivity (Wildman–Crippen MR) is 119 cm³/mol. The van der Waals surface area contributed by atoms with Crippen LogP contribution in [0.5, 0.6) is 5.75 Å². The molecule has 0 radical (unpaired) electrons. The van der Waals surface area contributed by atoms with Crippen molar-refractivity contribution in [2.75, 3.05) is 0 Å². The van der Waals surface area contributed by atoms with Crippen molar-refractivity contribution in [2.24, 2.45) is 0 Å². The van der Waals surface area contributed by atoms with E-state index in [1.165, 1.54) is 31.2 Å². The molecule has 160 valence electrons. The molecule has 0 aliphatic rings. The van der Waals surface area contributed by atoms with Gasteiger partial charge in [-0.3, -0.25) is 9.42 Å². The first-order valence-electron chi connectivity index (χ1n) is 10.9. The zero-order chi connectivity index (χ0) is 21.0. The van der Waals surface area contributed by atoms with E-state index < -0.39 is 13.9 Å². The summed E-state index contributed by atoms with van der Waals surface area (Å²) in [6, 6.07) is 16.9. The molecule has 1 N–H and O–H groups in total. The topological polar surface area (TPSA) is 55.8 Å².